The van der Waals surface area contributed by atoms with Crippen molar-refractivity contribution in [2.24, 2.45) is 10.2 Å². The zero-order valence-electron chi connectivity index (χ0n) is 16.9. The predicted octanol–water partition coefficient (Wildman–Crippen LogP) is 4.60. The van der Waals surface area contributed by atoms with Crippen LogP contribution in [0.5, 0.6) is 5.88 Å². The van der Waals surface area contributed by atoms with Gasteiger partial charge >= 0.3 is 0 Å². The van der Waals surface area contributed by atoms with Gasteiger partial charge in [0.1, 0.15) is 0 Å². The molecule has 0 fully saturated rings. The molecular weight excluding hydrogens is 382 g/mol. The molecule has 8 nitrogen and oxygen atoms in total. The normalized spacial score (nSPS) is 11.8. The van der Waals surface area contributed by atoms with Gasteiger partial charge in [0, 0.05) is 25.6 Å². The molecule has 0 unspecified atom stereocenters. The summed E-state index contributed by atoms with van der Waals surface area (Å²) in [4.78, 5) is 20.4. The number of aromatic nitrogens is 3. The van der Waals surface area contributed by atoms with Crippen LogP contribution in [0.15, 0.2) is 57.5 Å². The third kappa shape index (κ3) is 3.69. The lowest BCUT2D eigenvalue weighted by molar-refractivity contribution is 0.190. The number of nitrogens with zero attached hydrogens (tertiary/aromatic N) is 4. The number of H-pyrrole nitrogens is 1. The maximum atomic E-state index is 13.0. The summed E-state index contributed by atoms with van der Waals surface area (Å²) in [5.74, 6) is 0.117. The van der Waals surface area contributed by atoms with Gasteiger partial charge in [0.2, 0.25) is 5.88 Å². The van der Waals surface area contributed by atoms with Gasteiger partial charge in [-0.15, -0.1) is 10.2 Å². The van der Waals surface area contributed by atoms with E-state index in [4.69, 9.17) is 4.74 Å². The van der Waals surface area contributed by atoms with Crippen molar-refractivity contribution in [1.29, 1.82) is 0 Å². The van der Waals surface area contributed by atoms with Crippen molar-refractivity contribution >= 4 is 33.4 Å². The van der Waals surface area contributed by atoms with Gasteiger partial charge in [0.15, 0.2) is 5.69 Å². The molecule has 4 rings (SSSR count). The lowest BCUT2D eigenvalue weighted by Gasteiger charge is -2.09. The molecule has 0 amide bonds. The fraction of sp³-hybridized carbons (Fsp3) is 0.273. The molecule has 2 aromatic carbocycles. The number of rotatable bonds is 7. The SMILES string of the molecule is CCc1ccc2[nH]c(O)c(N=Nc3nc4ccccc4c(=O)n3CCCOC)c2c1. The number of aromatic amines is 1. The summed E-state index contributed by atoms with van der Waals surface area (Å²) >= 11 is 0. The highest BCUT2D eigenvalue weighted by Crippen LogP contribution is 2.36. The number of aromatic hydroxyl groups is 1. The van der Waals surface area contributed by atoms with E-state index in [1.165, 1.54) is 4.57 Å². The number of aryl methyl sites for hydroxylation is 1. The minimum absolute atomic E-state index is 0.0731. The summed E-state index contributed by atoms with van der Waals surface area (Å²) in [6.45, 7) is 2.98. The van der Waals surface area contributed by atoms with Crippen LogP contribution in [0, 0.1) is 0 Å². The van der Waals surface area contributed by atoms with Crippen molar-refractivity contribution in [2.45, 2.75) is 26.3 Å². The molecule has 0 bridgehead atoms. The summed E-state index contributed by atoms with van der Waals surface area (Å²) in [6, 6.07) is 13.0. The standard InChI is InChI=1S/C22H23N5O3/c1-3-14-9-10-18-16(13-14)19(20(28)23-18)25-26-22-24-17-8-5-4-7-15(17)21(29)27(22)11-6-12-30-2/h4-5,7-10,13,23,28H,3,6,11-12H2,1-2H3. The molecule has 2 N–H and O–H groups in total. The van der Waals surface area contributed by atoms with E-state index in [0.717, 1.165) is 22.9 Å². The summed E-state index contributed by atoms with van der Waals surface area (Å²) in [6.07, 6.45) is 1.50. The van der Waals surface area contributed by atoms with E-state index in [1.54, 1.807) is 25.3 Å². The molecule has 0 saturated heterocycles. The molecule has 2 aromatic heterocycles. The van der Waals surface area contributed by atoms with Crippen LogP contribution in [-0.4, -0.2) is 33.4 Å². The van der Waals surface area contributed by atoms with Crippen molar-refractivity contribution in [3.63, 3.8) is 0 Å². The number of fused-ring (bicyclic) bond motifs is 2. The van der Waals surface area contributed by atoms with Crippen molar-refractivity contribution in [1.82, 2.24) is 14.5 Å². The Labute approximate surface area is 172 Å². The van der Waals surface area contributed by atoms with E-state index < -0.39 is 0 Å². The lowest BCUT2D eigenvalue weighted by atomic mass is 10.1. The molecule has 0 saturated carbocycles. The van der Waals surface area contributed by atoms with Gasteiger partial charge in [-0.05, 0) is 42.7 Å². The number of hydrogen-bond acceptors (Lipinski definition) is 6. The Kier molecular flexibility index (Phi) is 5.58. The summed E-state index contributed by atoms with van der Waals surface area (Å²) in [5.41, 5.74) is 2.59. The van der Waals surface area contributed by atoms with Gasteiger partial charge in [-0.1, -0.05) is 25.1 Å². The van der Waals surface area contributed by atoms with E-state index in [0.29, 0.717) is 36.2 Å². The fourth-order valence-corrected chi connectivity index (χ4v) is 3.43. The molecule has 0 spiro atoms. The summed E-state index contributed by atoms with van der Waals surface area (Å²) in [5, 5.41) is 20.2. The molecule has 4 aromatic rings. The van der Waals surface area contributed by atoms with E-state index in [2.05, 4.69) is 27.1 Å². The van der Waals surface area contributed by atoms with Gasteiger partial charge in [0.25, 0.3) is 11.5 Å². The molecular formula is C22H23N5O3. The molecule has 0 radical (unpaired) electrons. The van der Waals surface area contributed by atoms with Crippen molar-refractivity contribution in [2.75, 3.05) is 13.7 Å². The molecule has 30 heavy (non-hydrogen) atoms. The Morgan fingerprint density at radius 3 is 2.80 bits per heavy atom. The van der Waals surface area contributed by atoms with Gasteiger partial charge in [-0.25, -0.2) is 4.98 Å². The molecule has 0 aliphatic rings. The van der Waals surface area contributed by atoms with Crippen LogP contribution in [0.2, 0.25) is 0 Å². The van der Waals surface area contributed by atoms with Crippen LogP contribution >= 0.6 is 0 Å². The van der Waals surface area contributed by atoms with Crippen molar-refractivity contribution < 1.29 is 9.84 Å². The number of para-hydroxylation sites is 1. The van der Waals surface area contributed by atoms with Crippen LogP contribution < -0.4 is 5.56 Å². The van der Waals surface area contributed by atoms with E-state index in [1.807, 2.05) is 24.3 Å². The van der Waals surface area contributed by atoms with Crippen molar-refractivity contribution in [3.8, 4) is 5.88 Å². The monoisotopic (exact) mass is 405 g/mol. The predicted molar refractivity (Wildman–Crippen MR) is 116 cm³/mol. The molecule has 2 heterocycles. The highest BCUT2D eigenvalue weighted by atomic mass is 16.5. The zero-order valence-corrected chi connectivity index (χ0v) is 16.9. The molecule has 0 aliphatic carbocycles. The van der Waals surface area contributed by atoms with Crippen LogP contribution in [0.3, 0.4) is 0 Å². The molecule has 8 heteroatoms. The minimum Gasteiger partial charge on any atom is -0.493 e. The first-order valence-electron chi connectivity index (χ1n) is 9.86. The number of methoxy groups -OCH3 is 1. The third-order valence-electron chi connectivity index (χ3n) is 5.04. The number of nitrogens with one attached hydrogen (secondary N) is 1. The number of azo groups is 1. The van der Waals surface area contributed by atoms with Crippen LogP contribution in [-0.2, 0) is 17.7 Å². The quantitative estimate of drug-likeness (QED) is 0.346. The smallest absolute Gasteiger partial charge is 0.262 e. The topological polar surface area (TPSA) is 105 Å². The highest BCUT2D eigenvalue weighted by Gasteiger charge is 2.13. The average Bonchev–Trinajstić information content (AvgIpc) is 3.08. The first-order valence-corrected chi connectivity index (χ1v) is 9.86. The number of benzene rings is 2. The van der Waals surface area contributed by atoms with Gasteiger partial charge in [0.05, 0.1) is 16.4 Å². The van der Waals surface area contributed by atoms with Gasteiger partial charge < -0.3 is 14.8 Å². The summed E-state index contributed by atoms with van der Waals surface area (Å²) < 4.78 is 6.60. The Morgan fingerprint density at radius 2 is 2.00 bits per heavy atom. The van der Waals surface area contributed by atoms with Crippen LogP contribution in [0.25, 0.3) is 21.8 Å². The Morgan fingerprint density at radius 1 is 1.17 bits per heavy atom. The van der Waals surface area contributed by atoms with Gasteiger partial charge in [-0.2, -0.15) is 0 Å². The number of ether oxygens (including phenoxy) is 1. The number of hydrogen-bond donors (Lipinski definition) is 2. The van der Waals surface area contributed by atoms with Gasteiger partial charge in [-0.3, -0.25) is 9.36 Å². The van der Waals surface area contributed by atoms with Crippen molar-refractivity contribution in [3.05, 3.63) is 58.4 Å². The molecule has 0 aliphatic heterocycles. The Hall–Kier alpha value is -3.52. The third-order valence-corrected chi connectivity index (χ3v) is 5.04. The van der Waals surface area contributed by atoms with E-state index in [-0.39, 0.29) is 17.4 Å². The van der Waals surface area contributed by atoms with Crippen LogP contribution in [0.1, 0.15) is 18.9 Å². The van der Waals surface area contributed by atoms with E-state index in [9.17, 15) is 9.90 Å². The first kappa shape index (κ1) is 19.8. The van der Waals surface area contributed by atoms with Crippen LogP contribution in [0.4, 0.5) is 11.6 Å². The molecule has 0 atom stereocenters. The highest BCUT2D eigenvalue weighted by molar-refractivity contribution is 5.94. The average molecular weight is 405 g/mol. The second-order valence-electron chi connectivity index (χ2n) is 6.99. The maximum absolute atomic E-state index is 13.0. The maximum Gasteiger partial charge on any atom is 0.262 e. The first-order chi connectivity index (χ1) is 14.6. The second-order valence-corrected chi connectivity index (χ2v) is 6.99. The fourth-order valence-electron chi connectivity index (χ4n) is 3.43. The minimum atomic E-state index is -0.179. The zero-order chi connectivity index (χ0) is 21.1. The molecule has 154 valence electrons. The summed E-state index contributed by atoms with van der Waals surface area (Å²) in [7, 11) is 1.62. The lowest BCUT2D eigenvalue weighted by Crippen LogP contribution is -2.22. The Bertz CT molecular complexity index is 1290. The van der Waals surface area contributed by atoms with E-state index >= 15 is 0 Å². The largest absolute Gasteiger partial charge is 0.493 e. The Balaban J connectivity index is 1.82. The second kappa shape index (κ2) is 8.46.